The highest BCUT2D eigenvalue weighted by atomic mass is 32.2. The van der Waals surface area contributed by atoms with Gasteiger partial charge in [0.1, 0.15) is 10.6 Å². The third-order valence-corrected chi connectivity index (χ3v) is 8.11. The van der Waals surface area contributed by atoms with Crippen molar-refractivity contribution in [3.8, 4) is 5.75 Å². The van der Waals surface area contributed by atoms with Crippen LogP contribution in [-0.4, -0.2) is 52.5 Å². The van der Waals surface area contributed by atoms with Gasteiger partial charge in [0.25, 0.3) is 5.91 Å². The fraction of sp³-hybridized carbons (Fsp3) is 0.480. The molecule has 0 aromatic heterocycles. The third kappa shape index (κ3) is 5.33. The fourth-order valence-electron chi connectivity index (χ4n) is 4.81. The highest BCUT2D eigenvalue weighted by Gasteiger charge is 2.27. The zero-order chi connectivity index (χ0) is 23.4. The number of hydrogen-bond donors (Lipinski definition) is 1. The lowest BCUT2D eigenvalue weighted by molar-refractivity contribution is 0.0785. The van der Waals surface area contributed by atoms with Crippen molar-refractivity contribution < 1.29 is 17.9 Å². The van der Waals surface area contributed by atoms with Gasteiger partial charge < -0.3 is 14.5 Å². The van der Waals surface area contributed by atoms with Gasteiger partial charge in [-0.05, 0) is 55.5 Å². The lowest BCUT2D eigenvalue weighted by atomic mass is 10.1. The van der Waals surface area contributed by atoms with Gasteiger partial charge in [0.15, 0.2) is 0 Å². The molecule has 1 aliphatic carbocycles. The SMILES string of the molecule is COc1ccc(C(=O)N(C)Cc2ccccc2N2CCCC2)cc1S(=O)(=O)NC1CCCC1. The molecule has 1 saturated carbocycles. The molecule has 2 aromatic carbocycles. The highest BCUT2D eigenvalue weighted by Crippen LogP contribution is 2.29. The molecule has 2 fully saturated rings. The maximum Gasteiger partial charge on any atom is 0.253 e. The van der Waals surface area contributed by atoms with Gasteiger partial charge in [-0.1, -0.05) is 31.0 Å². The Kier molecular flexibility index (Phi) is 7.24. The number of nitrogens with one attached hydrogen (secondary N) is 1. The van der Waals surface area contributed by atoms with Gasteiger partial charge in [0.05, 0.1) is 7.11 Å². The predicted molar refractivity (Wildman–Crippen MR) is 129 cm³/mol. The van der Waals surface area contributed by atoms with Crippen LogP contribution in [0.1, 0.15) is 54.4 Å². The van der Waals surface area contributed by atoms with Crippen molar-refractivity contribution in [3.63, 3.8) is 0 Å². The van der Waals surface area contributed by atoms with E-state index < -0.39 is 10.0 Å². The molecule has 0 atom stereocenters. The third-order valence-electron chi connectivity index (χ3n) is 6.57. The molecule has 1 aliphatic heterocycles. The summed E-state index contributed by atoms with van der Waals surface area (Å²) in [6.07, 6.45) is 6.07. The van der Waals surface area contributed by atoms with Crippen molar-refractivity contribution in [2.75, 3.05) is 32.1 Å². The smallest absolute Gasteiger partial charge is 0.253 e. The first kappa shape index (κ1) is 23.6. The molecular formula is C25H33N3O4S. The van der Waals surface area contributed by atoms with Crippen LogP contribution < -0.4 is 14.4 Å². The summed E-state index contributed by atoms with van der Waals surface area (Å²) in [5, 5.41) is 0. The van der Waals surface area contributed by atoms with Gasteiger partial charge in [-0.3, -0.25) is 4.79 Å². The molecule has 1 amide bonds. The van der Waals surface area contributed by atoms with E-state index in [1.807, 2.05) is 18.2 Å². The molecule has 178 valence electrons. The molecule has 0 radical (unpaired) electrons. The van der Waals surface area contributed by atoms with E-state index in [1.165, 1.54) is 26.0 Å². The monoisotopic (exact) mass is 471 g/mol. The standard InChI is InChI=1S/C25H33N3O4S/c1-27(18-20-9-3-6-12-22(20)28-15-7-8-16-28)25(29)19-13-14-23(32-2)24(17-19)33(30,31)26-21-10-4-5-11-21/h3,6,9,12-14,17,21,26H,4-5,7-8,10-11,15-16,18H2,1-2H3. The molecule has 0 unspecified atom stereocenters. The first-order valence-electron chi connectivity index (χ1n) is 11.7. The van der Waals surface area contributed by atoms with E-state index in [2.05, 4.69) is 15.7 Å². The Labute approximate surface area is 196 Å². The van der Waals surface area contributed by atoms with Crippen LogP contribution in [0, 0.1) is 0 Å². The summed E-state index contributed by atoms with van der Waals surface area (Å²) in [6, 6.07) is 12.7. The Balaban J connectivity index is 1.55. The number of nitrogens with zero attached hydrogens (tertiary/aromatic N) is 2. The number of carbonyl (C=O) groups is 1. The molecular weight excluding hydrogens is 438 g/mol. The minimum atomic E-state index is -3.80. The number of methoxy groups -OCH3 is 1. The van der Waals surface area contributed by atoms with Crippen LogP contribution in [0.4, 0.5) is 5.69 Å². The Morgan fingerprint density at radius 1 is 1.09 bits per heavy atom. The van der Waals surface area contributed by atoms with E-state index in [9.17, 15) is 13.2 Å². The number of hydrogen-bond acceptors (Lipinski definition) is 5. The van der Waals surface area contributed by atoms with Crippen molar-refractivity contribution in [3.05, 3.63) is 53.6 Å². The predicted octanol–water partition coefficient (Wildman–Crippen LogP) is 3.79. The number of benzene rings is 2. The molecule has 1 heterocycles. The van der Waals surface area contributed by atoms with Crippen molar-refractivity contribution in [2.45, 2.75) is 56.0 Å². The van der Waals surface area contributed by atoms with E-state index in [-0.39, 0.29) is 22.6 Å². The minimum Gasteiger partial charge on any atom is -0.495 e. The van der Waals surface area contributed by atoms with Crippen LogP contribution in [-0.2, 0) is 16.6 Å². The van der Waals surface area contributed by atoms with Gasteiger partial charge in [-0.25, -0.2) is 13.1 Å². The van der Waals surface area contributed by atoms with Crippen molar-refractivity contribution >= 4 is 21.6 Å². The fourth-order valence-corrected chi connectivity index (χ4v) is 6.30. The number of carbonyl (C=O) groups excluding carboxylic acids is 1. The molecule has 2 aromatic rings. The first-order valence-corrected chi connectivity index (χ1v) is 13.2. The molecule has 33 heavy (non-hydrogen) atoms. The van der Waals surface area contributed by atoms with Gasteiger partial charge in [0.2, 0.25) is 10.0 Å². The molecule has 4 rings (SSSR count). The lowest BCUT2D eigenvalue weighted by Gasteiger charge is -2.25. The Bertz CT molecular complexity index is 1090. The topological polar surface area (TPSA) is 79.0 Å². The van der Waals surface area contributed by atoms with Crippen molar-refractivity contribution in [1.29, 1.82) is 0 Å². The number of amides is 1. The molecule has 0 bridgehead atoms. The normalized spacial score (nSPS) is 16.8. The van der Waals surface area contributed by atoms with Crippen molar-refractivity contribution in [2.24, 2.45) is 0 Å². The quantitative estimate of drug-likeness (QED) is 0.634. The Morgan fingerprint density at radius 2 is 1.79 bits per heavy atom. The lowest BCUT2D eigenvalue weighted by Crippen LogP contribution is -2.33. The highest BCUT2D eigenvalue weighted by molar-refractivity contribution is 7.89. The van der Waals surface area contributed by atoms with E-state index in [0.29, 0.717) is 12.1 Å². The molecule has 1 N–H and O–H groups in total. The van der Waals surface area contributed by atoms with Crippen molar-refractivity contribution in [1.82, 2.24) is 9.62 Å². The average molecular weight is 472 g/mol. The summed E-state index contributed by atoms with van der Waals surface area (Å²) in [7, 11) is -0.612. The number of sulfonamides is 1. The van der Waals surface area contributed by atoms with Crippen LogP contribution >= 0.6 is 0 Å². The second-order valence-electron chi connectivity index (χ2n) is 8.95. The largest absolute Gasteiger partial charge is 0.495 e. The summed E-state index contributed by atoms with van der Waals surface area (Å²) in [5.41, 5.74) is 2.57. The van der Waals surface area contributed by atoms with E-state index in [0.717, 1.165) is 50.0 Å². The average Bonchev–Trinajstić information content (AvgIpc) is 3.53. The van der Waals surface area contributed by atoms with Crippen LogP contribution in [0.25, 0.3) is 0 Å². The number of ether oxygens (including phenoxy) is 1. The summed E-state index contributed by atoms with van der Waals surface area (Å²) in [5.74, 6) is 0.00488. The van der Waals surface area contributed by atoms with E-state index in [1.54, 1.807) is 24.1 Å². The van der Waals surface area contributed by atoms with Crippen LogP contribution in [0.5, 0.6) is 5.75 Å². The summed E-state index contributed by atoms with van der Waals surface area (Å²) >= 11 is 0. The van der Waals surface area contributed by atoms with E-state index >= 15 is 0 Å². The molecule has 8 heteroatoms. The minimum absolute atomic E-state index is 0.00798. The second-order valence-corrected chi connectivity index (χ2v) is 10.6. The van der Waals surface area contributed by atoms with Gasteiger partial charge in [0, 0.05) is 44.0 Å². The number of rotatable bonds is 8. The zero-order valence-electron chi connectivity index (χ0n) is 19.4. The van der Waals surface area contributed by atoms with Crippen LogP contribution in [0.3, 0.4) is 0 Å². The van der Waals surface area contributed by atoms with Gasteiger partial charge >= 0.3 is 0 Å². The van der Waals surface area contributed by atoms with Gasteiger partial charge in [-0.15, -0.1) is 0 Å². The zero-order valence-corrected chi connectivity index (χ0v) is 20.2. The maximum atomic E-state index is 13.3. The maximum absolute atomic E-state index is 13.3. The Morgan fingerprint density at radius 3 is 2.48 bits per heavy atom. The molecule has 2 aliphatic rings. The molecule has 1 saturated heterocycles. The van der Waals surface area contributed by atoms with Gasteiger partial charge in [-0.2, -0.15) is 0 Å². The summed E-state index contributed by atoms with van der Waals surface area (Å²) in [4.78, 5) is 17.3. The van der Waals surface area contributed by atoms with E-state index in [4.69, 9.17) is 4.74 Å². The number of para-hydroxylation sites is 1. The Hall–Kier alpha value is -2.58. The summed E-state index contributed by atoms with van der Waals surface area (Å²) in [6.45, 7) is 2.50. The van der Waals surface area contributed by atoms with Crippen LogP contribution in [0.2, 0.25) is 0 Å². The molecule has 0 spiro atoms. The first-order chi connectivity index (χ1) is 15.9. The summed E-state index contributed by atoms with van der Waals surface area (Å²) < 4.78 is 34.2. The van der Waals surface area contributed by atoms with Crippen LogP contribution in [0.15, 0.2) is 47.4 Å². The second kappa shape index (κ2) is 10.1. The number of anilines is 1. The molecule has 7 nitrogen and oxygen atoms in total.